The van der Waals surface area contributed by atoms with Gasteiger partial charge in [0.2, 0.25) is 12.7 Å². The molecule has 3 heterocycles. The Bertz CT molecular complexity index is 1280. The molecule has 0 unspecified atom stereocenters. The number of amides is 1. The van der Waals surface area contributed by atoms with Gasteiger partial charge in [-0.25, -0.2) is 4.98 Å². The van der Waals surface area contributed by atoms with E-state index < -0.39 is 0 Å². The van der Waals surface area contributed by atoms with E-state index in [4.69, 9.17) is 14.5 Å². The molecule has 5 rings (SSSR count). The van der Waals surface area contributed by atoms with Gasteiger partial charge in [-0.05, 0) is 44.4 Å². The average molecular weight is 484 g/mol. The number of benzene rings is 1. The number of aromatic nitrogens is 4. The number of fused-ring (bicyclic) bond motifs is 2. The van der Waals surface area contributed by atoms with Crippen LogP contribution in [-0.2, 0) is 17.9 Å². The van der Waals surface area contributed by atoms with Crippen molar-refractivity contribution in [1.82, 2.24) is 24.6 Å². The smallest absolute Gasteiger partial charge is 0.280 e. The van der Waals surface area contributed by atoms with E-state index in [0.717, 1.165) is 31.2 Å². The highest BCUT2D eigenvalue weighted by Gasteiger charge is 2.21. The zero-order chi connectivity index (χ0) is 23.7. The molecule has 0 atom stereocenters. The normalized spacial score (nSPS) is 15.7. The molecule has 1 saturated carbocycles. The molecule has 2 aromatic heterocycles. The number of ether oxygens (including phenoxy) is 2. The van der Waals surface area contributed by atoms with Crippen LogP contribution >= 0.6 is 11.8 Å². The van der Waals surface area contributed by atoms with Crippen molar-refractivity contribution < 1.29 is 14.3 Å². The van der Waals surface area contributed by atoms with Gasteiger partial charge in [0.25, 0.3) is 5.56 Å². The molecule has 0 radical (unpaired) electrons. The number of nitrogens with one attached hydrogen (secondary N) is 1. The summed E-state index contributed by atoms with van der Waals surface area (Å²) < 4.78 is 14.2. The molecule has 0 saturated heterocycles. The molecule has 1 aliphatic heterocycles. The third-order valence-electron chi connectivity index (χ3n) is 6.36. The molecular weight excluding hydrogens is 454 g/mol. The van der Waals surface area contributed by atoms with E-state index in [1.807, 2.05) is 32.0 Å². The number of hydrogen-bond acceptors (Lipinski definition) is 7. The van der Waals surface area contributed by atoms with Crippen LogP contribution < -0.4 is 20.3 Å². The minimum atomic E-state index is -0.166. The van der Waals surface area contributed by atoms with Gasteiger partial charge >= 0.3 is 0 Å². The fraction of sp³-hybridized carbons (Fsp3) is 0.500. The molecule has 1 N–H and O–H groups in total. The molecule has 1 aromatic carbocycles. The summed E-state index contributed by atoms with van der Waals surface area (Å²) in [4.78, 5) is 31.1. The third-order valence-corrected chi connectivity index (χ3v) is 7.34. The summed E-state index contributed by atoms with van der Waals surface area (Å²) in [5.41, 5.74) is 2.50. The minimum Gasteiger partial charge on any atom is -0.454 e. The van der Waals surface area contributed by atoms with E-state index in [1.165, 1.54) is 18.2 Å². The van der Waals surface area contributed by atoms with Gasteiger partial charge in [0, 0.05) is 12.6 Å². The number of rotatable bonds is 7. The lowest BCUT2D eigenvalue weighted by molar-refractivity contribution is -0.119. The topological polar surface area (TPSA) is 100 Å². The Labute approximate surface area is 201 Å². The van der Waals surface area contributed by atoms with Crippen LogP contribution in [0.15, 0.2) is 28.2 Å². The molecule has 1 amide bonds. The largest absolute Gasteiger partial charge is 0.454 e. The maximum Gasteiger partial charge on any atom is 0.280 e. The molecular formula is C24H29N5O4S. The summed E-state index contributed by atoms with van der Waals surface area (Å²) in [6.07, 6.45) is 5.62. The van der Waals surface area contributed by atoms with Gasteiger partial charge in [-0.1, -0.05) is 37.1 Å². The Morgan fingerprint density at radius 1 is 1.21 bits per heavy atom. The molecule has 3 aromatic rings. The zero-order valence-electron chi connectivity index (χ0n) is 19.5. The molecule has 1 fully saturated rings. The maximum absolute atomic E-state index is 13.6. The van der Waals surface area contributed by atoms with Crippen LogP contribution in [0.4, 0.5) is 0 Å². The predicted octanol–water partition coefficient (Wildman–Crippen LogP) is 3.24. The van der Waals surface area contributed by atoms with Gasteiger partial charge in [-0.15, -0.1) is 0 Å². The van der Waals surface area contributed by atoms with Crippen molar-refractivity contribution >= 4 is 28.7 Å². The second kappa shape index (κ2) is 9.69. The van der Waals surface area contributed by atoms with E-state index in [0.29, 0.717) is 46.5 Å². The average Bonchev–Trinajstić information content (AvgIpc) is 3.44. The van der Waals surface area contributed by atoms with Crippen molar-refractivity contribution in [3.63, 3.8) is 0 Å². The van der Waals surface area contributed by atoms with Crippen LogP contribution in [0.5, 0.6) is 11.5 Å². The van der Waals surface area contributed by atoms with Crippen LogP contribution in [0.2, 0.25) is 0 Å². The summed E-state index contributed by atoms with van der Waals surface area (Å²) in [7, 11) is 0. The Balaban J connectivity index is 1.45. The van der Waals surface area contributed by atoms with Crippen LogP contribution in [0.3, 0.4) is 0 Å². The van der Waals surface area contributed by atoms with Crippen molar-refractivity contribution in [3.05, 3.63) is 39.8 Å². The van der Waals surface area contributed by atoms with E-state index in [1.54, 1.807) is 9.25 Å². The van der Waals surface area contributed by atoms with E-state index in [9.17, 15) is 9.59 Å². The monoisotopic (exact) mass is 483 g/mol. The fourth-order valence-electron chi connectivity index (χ4n) is 4.63. The van der Waals surface area contributed by atoms with E-state index in [-0.39, 0.29) is 30.1 Å². The van der Waals surface area contributed by atoms with Crippen LogP contribution in [0, 0.1) is 6.92 Å². The SMILES string of the molecule is CCn1nc(C)c2nc(SCC(=O)NC3CCCCC3)n(Cc3ccc4c(c3)OCO4)c(=O)c21. The molecule has 180 valence electrons. The van der Waals surface area contributed by atoms with Crippen molar-refractivity contribution in [2.75, 3.05) is 12.5 Å². The van der Waals surface area contributed by atoms with Crippen LogP contribution in [0.1, 0.15) is 50.3 Å². The number of carbonyl (C=O) groups excluding carboxylic acids is 1. The Hall–Kier alpha value is -3.01. The number of hydrogen-bond donors (Lipinski definition) is 1. The first kappa shape index (κ1) is 22.8. The first-order valence-corrected chi connectivity index (χ1v) is 12.8. The summed E-state index contributed by atoms with van der Waals surface area (Å²) in [6.45, 7) is 4.87. The second-order valence-electron chi connectivity index (χ2n) is 8.76. The van der Waals surface area contributed by atoms with Gasteiger partial charge < -0.3 is 14.8 Å². The van der Waals surface area contributed by atoms with Crippen LogP contribution in [-0.4, -0.2) is 43.8 Å². The standard InChI is InChI=1S/C24H29N5O4S/c1-3-29-22-21(15(2)27-29)26-24(34-13-20(30)25-17-7-5-4-6-8-17)28(23(22)31)12-16-9-10-18-19(11-16)33-14-32-18/h9-11,17H,3-8,12-14H2,1-2H3,(H,25,30). The molecule has 1 aliphatic carbocycles. The first-order valence-electron chi connectivity index (χ1n) is 11.8. The summed E-state index contributed by atoms with van der Waals surface area (Å²) in [6, 6.07) is 5.89. The zero-order valence-corrected chi connectivity index (χ0v) is 20.3. The lowest BCUT2D eigenvalue weighted by Crippen LogP contribution is -2.37. The van der Waals surface area contributed by atoms with Gasteiger partial charge in [-0.3, -0.25) is 18.8 Å². The molecule has 0 spiro atoms. The number of carbonyl (C=O) groups is 1. The summed E-state index contributed by atoms with van der Waals surface area (Å²) in [5, 5.41) is 8.14. The Morgan fingerprint density at radius 2 is 2.00 bits per heavy atom. The molecule has 34 heavy (non-hydrogen) atoms. The minimum absolute atomic E-state index is 0.0261. The molecule has 10 heteroatoms. The number of nitrogens with zero attached hydrogens (tertiary/aromatic N) is 4. The molecule has 9 nitrogen and oxygen atoms in total. The summed E-state index contributed by atoms with van der Waals surface area (Å²) >= 11 is 1.29. The van der Waals surface area contributed by atoms with Gasteiger partial charge in [-0.2, -0.15) is 5.10 Å². The van der Waals surface area contributed by atoms with Crippen molar-refractivity contribution in [2.24, 2.45) is 0 Å². The number of thioether (sulfide) groups is 1. The Kier molecular flexibility index (Phi) is 6.49. The summed E-state index contributed by atoms with van der Waals surface area (Å²) in [5.74, 6) is 1.53. The highest BCUT2D eigenvalue weighted by Crippen LogP contribution is 2.33. The lowest BCUT2D eigenvalue weighted by Gasteiger charge is -2.22. The Morgan fingerprint density at radius 3 is 2.79 bits per heavy atom. The van der Waals surface area contributed by atoms with Gasteiger partial charge in [0.15, 0.2) is 22.2 Å². The quantitative estimate of drug-likeness (QED) is 0.407. The van der Waals surface area contributed by atoms with Crippen molar-refractivity contribution in [2.45, 2.75) is 70.2 Å². The van der Waals surface area contributed by atoms with Gasteiger partial charge in [0.1, 0.15) is 5.52 Å². The highest BCUT2D eigenvalue weighted by atomic mass is 32.2. The second-order valence-corrected chi connectivity index (χ2v) is 9.71. The van der Waals surface area contributed by atoms with E-state index >= 15 is 0 Å². The molecule has 0 bridgehead atoms. The lowest BCUT2D eigenvalue weighted by atomic mass is 9.95. The van der Waals surface area contributed by atoms with Crippen LogP contribution in [0.25, 0.3) is 11.0 Å². The van der Waals surface area contributed by atoms with E-state index in [2.05, 4.69) is 10.4 Å². The predicted molar refractivity (Wildman–Crippen MR) is 130 cm³/mol. The number of aryl methyl sites for hydroxylation is 2. The van der Waals surface area contributed by atoms with Crippen molar-refractivity contribution in [3.8, 4) is 11.5 Å². The van der Waals surface area contributed by atoms with Gasteiger partial charge in [0.05, 0.1) is 18.0 Å². The maximum atomic E-state index is 13.6. The fourth-order valence-corrected chi connectivity index (χ4v) is 5.44. The highest BCUT2D eigenvalue weighted by molar-refractivity contribution is 7.99. The van der Waals surface area contributed by atoms with Crippen molar-refractivity contribution in [1.29, 1.82) is 0 Å². The third kappa shape index (κ3) is 4.51. The molecule has 2 aliphatic rings. The first-order chi connectivity index (χ1) is 16.5.